The van der Waals surface area contributed by atoms with Crippen LogP contribution in [0.3, 0.4) is 0 Å². The summed E-state index contributed by atoms with van der Waals surface area (Å²) in [6.07, 6.45) is 1.09. The quantitative estimate of drug-likeness (QED) is 0.803. The minimum Gasteiger partial charge on any atom is -0.496 e. The van der Waals surface area contributed by atoms with Gasteiger partial charge in [0.05, 0.1) is 7.11 Å². The number of hydrogen-bond acceptors (Lipinski definition) is 2. The van der Waals surface area contributed by atoms with Gasteiger partial charge in [-0.1, -0.05) is 25.1 Å². The molecule has 0 aromatic heterocycles. The van der Waals surface area contributed by atoms with Crippen LogP contribution in [0.4, 0.5) is 4.39 Å². The van der Waals surface area contributed by atoms with Crippen molar-refractivity contribution < 1.29 is 9.13 Å². The van der Waals surface area contributed by atoms with Gasteiger partial charge >= 0.3 is 0 Å². The molecule has 20 heavy (non-hydrogen) atoms. The van der Waals surface area contributed by atoms with Crippen molar-refractivity contribution in [1.82, 2.24) is 5.32 Å². The molecule has 0 amide bonds. The molecule has 0 radical (unpaired) electrons. The molecule has 0 fully saturated rings. The van der Waals surface area contributed by atoms with Crippen LogP contribution in [0.15, 0.2) is 42.5 Å². The highest BCUT2D eigenvalue weighted by molar-refractivity contribution is 5.65. The SMILES string of the molecule is CCCNCc1cc(-c2cccc(F)c2)ccc1OC. The molecular formula is C17H20FNO. The number of ether oxygens (including phenoxy) is 1. The zero-order valence-corrected chi connectivity index (χ0v) is 11.9. The molecule has 1 N–H and O–H groups in total. The first-order valence-electron chi connectivity index (χ1n) is 6.88. The minimum absolute atomic E-state index is 0.219. The van der Waals surface area contributed by atoms with Crippen LogP contribution in [-0.4, -0.2) is 13.7 Å². The van der Waals surface area contributed by atoms with E-state index in [4.69, 9.17) is 4.74 Å². The Balaban J connectivity index is 2.28. The highest BCUT2D eigenvalue weighted by Gasteiger charge is 2.06. The Hall–Kier alpha value is -1.87. The van der Waals surface area contributed by atoms with Crippen molar-refractivity contribution in [1.29, 1.82) is 0 Å². The first kappa shape index (κ1) is 14.5. The van der Waals surface area contributed by atoms with Gasteiger partial charge in [-0.15, -0.1) is 0 Å². The van der Waals surface area contributed by atoms with E-state index in [-0.39, 0.29) is 5.82 Å². The summed E-state index contributed by atoms with van der Waals surface area (Å²) in [5.74, 6) is 0.637. The lowest BCUT2D eigenvalue weighted by Gasteiger charge is -2.12. The van der Waals surface area contributed by atoms with Gasteiger partial charge in [-0.3, -0.25) is 0 Å². The maximum absolute atomic E-state index is 13.3. The van der Waals surface area contributed by atoms with Gasteiger partial charge in [-0.25, -0.2) is 4.39 Å². The molecule has 2 aromatic carbocycles. The van der Waals surface area contributed by atoms with E-state index in [2.05, 4.69) is 18.3 Å². The molecular weight excluding hydrogens is 253 g/mol. The summed E-state index contributed by atoms with van der Waals surface area (Å²) in [6, 6.07) is 12.6. The molecule has 0 aliphatic rings. The highest BCUT2D eigenvalue weighted by atomic mass is 19.1. The maximum Gasteiger partial charge on any atom is 0.123 e. The van der Waals surface area contributed by atoms with Gasteiger partial charge in [0.25, 0.3) is 0 Å². The summed E-state index contributed by atoms with van der Waals surface area (Å²) in [4.78, 5) is 0. The molecule has 0 aliphatic carbocycles. The Morgan fingerprint density at radius 2 is 1.90 bits per heavy atom. The molecule has 3 heteroatoms. The Morgan fingerprint density at radius 3 is 2.60 bits per heavy atom. The molecule has 0 bridgehead atoms. The standard InChI is InChI=1S/C17H20FNO/c1-3-9-19-12-15-10-14(7-8-17(15)20-2)13-5-4-6-16(18)11-13/h4-8,10-11,19H,3,9,12H2,1-2H3. The van der Waals surface area contributed by atoms with Crippen molar-refractivity contribution in [3.8, 4) is 16.9 Å². The van der Waals surface area contributed by atoms with E-state index in [1.54, 1.807) is 19.2 Å². The molecule has 0 saturated carbocycles. The number of methoxy groups -OCH3 is 1. The molecule has 2 nitrogen and oxygen atoms in total. The molecule has 0 spiro atoms. The van der Waals surface area contributed by atoms with Crippen molar-refractivity contribution in [2.45, 2.75) is 19.9 Å². The number of hydrogen-bond donors (Lipinski definition) is 1. The monoisotopic (exact) mass is 273 g/mol. The first-order valence-corrected chi connectivity index (χ1v) is 6.88. The summed E-state index contributed by atoms with van der Waals surface area (Å²) in [5.41, 5.74) is 2.96. The third-order valence-corrected chi connectivity index (χ3v) is 3.18. The summed E-state index contributed by atoms with van der Waals surface area (Å²) in [5, 5.41) is 3.36. The molecule has 0 unspecified atom stereocenters. The molecule has 2 aromatic rings. The summed E-state index contributed by atoms with van der Waals surface area (Å²) >= 11 is 0. The van der Waals surface area contributed by atoms with E-state index in [1.807, 2.05) is 18.2 Å². The third-order valence-electron chi connectivity index (χ3n) is 3.18. The lowest BCUT2D eigenvalue weighted by atomic mass is 10.0. The fraction of sp³-hybridized carbons (Fsp3) is 0.294. The topological polar surface area (TPSA) is 21.3 Å². The van der Waals surface area contributed by atoms with Crippen molar-refractivity contribution >= 4 is 0 Å². The van der Waals surface area contributed by atoms with Crippen LogP contribution in [0.25, 0.3) is 11.1 Å². The van der Waals surface area contributed by atoms with Crippen LogP contribution in [0.5, 0.6) is 5.75 Å². The fourth-order valence-corrected chi connectivity index (χ4v) is 2.16. The van der Waals surface area contributed by atoms with Crippen LogP contribution in [0.2, 0.25) is 0 Å². The van der Waals surface area contributed by atoms with Crippen molar-refractivity contribution in [2.75, 3.05) is 13.7 Å². The van der Waals surface area contributed by atoms with E-state index in [1.165, 1.54) is 6.07 Å². The summed E-state index contributed by atoms with van der Waals surface area (Å²) in [7, 11) is 1.67. The number of rotatable bonds is 6. The van der Waals surface area contributed by atoms with Crippen LogP contribution in [0, 0.1) is 5.82 Å². The second kappa shape index (κ2) is 7.06. The predicted octanol–water partition coefficient (Wildman–Crippen LogP) is 4.00. The Morgan fingerprint density at radius 1 is 1.10 bits per heavy atom. The fourth-order valence-electron chi connectivity index (χ4n) is 2.16. The Kier molecular flexibility index (Phi) is 5.13. The lowest BCUT2D eigenvalue weighted by Crippen LogP contribution is -2.14. The number of halogens is 1. The molecule has 106 valence electrons. The lowest BCUT2D eigenvalue weighted by molar-refractivity contribution is 0.408. The van der Waals surface area contributed by atoms with E-state index in [9.17, 15) is 4.39 Å². The average molecular weight is 273 g/mol. The van der Waals surface area contributed by atoms with Crippen LogP contribution in [-0.2, 0) is 6.54 Å². The number of nitrogens with one attached hydrogen (secondary N) is 1. The van der Waals surface area contributed by atoms with Crippen LogP contribution < -0.4 is 10.1 Å². The molecule has 0 aliphatic heterocycles. The van der Waals surface area contributed by atoms with E-state index >= 15 is 0 Å². The normalized spacial score (nSPS) is 10.6. The van der Waals surface area contributed by atoms with Gasteiger partial charge in [0.15, 0.2) is 0 Å². The highest BCUT2D eigenvalue weighted by Crippen LogP contribution is 2.27. The third kappa shape index (κ3) is 3.58. The molecule has 0 atom stereocenters. The zero-order valence-electron chi connectivity index (χ0n) is 11.9. The van der Waals surface area contributed by atoms with Gasteiger partial charge in [-0.2, -0.15) is 0 Å². The van der Waals surface area contributed by atoms with Crippen molar-refractivity contribution in [3.05, 3.63) is 53.8 Å². The Bertz CT molecular complexity index is 569. The van der Waals surface area contributed by atoms with Crippen LogP contribution >= 0.6 is 0 Å². The van der Waals surface area contributed by atoms with Gasteiger partial charge in [-0.05, 0) is 48.4 Å². The number of benzene rings is 2. The van der Waals surface area contributed by atoms with Gasteiger partial charge < -0.3 is 10.1 Å². The van der Waals surface area contributed by atoms with E-state index in [0.29, 0.717) is 0 Å². The smallest absolute Gasteiger partial charge is 0.123 e. The molecule has 0 saturated heterocycles. The van der Waals surface area contributed by atoms with E-state index in [0.717, 1.165) is 42.0 Å². The minimum atomic E-state index is -0.219. The average Bonchev–Trinajstić information content (AvgIpc) is 2.47. The predicted molar refractivity (Wildman–Crippen MR) is 80.4 cm³/mol. The first-order chi connectivity index (χ1) is 9.74. The largest absolute Gasteiger partial charge is 0.496 e. The molecule has 0 heterocycles. The Labute approximate surface area is 119 Å². The maximum atomic E-state index is 13.3. The van der Waals surface area contributed by atoms with Gasteiger partial charge in [0.2, 0.25) is 0 Å². The second-order valence-electron chi connectivity index (χ2n) is 4.71. The van der Waals surface area contributed by atoms with Gasteiger partial charge in [0.1, 0.15) is 11.6 Å². The van der Waals surface area contributed by atoms with Crippen molar-refractivity contribution in [3.63, 3.8) is 0 Å². The van der Waals surface area contributed by atoms with Crippen LogP contribution in [0.1, 0.15) is 18.9 Å². The summed E-state index contributed by atoms with van der Waals surface area (Å²) in [6.45, 7) is 3.85. The van der Waals surface area contributed by atoms with Crippen molar-refractivity contribution in [2.24, 2.45) is 0 Å². The molecule has 2 rings (SSSR count). The van der Waals surface area contributed by atoms with E-state index < -0.39 is 0 Å². The summed E-state index contributed by atoms with van der Waals surface area (Å²) < 4.78 is 18.7. The van der Waals surface area contributed by atoms with Gasteiger partial charge in [0, 0.05) is 12.1 Å². The second-order valence-corrected chi connectivity index (χ2v) is 4.71. The zero-order chi connectivity index (χ0) is 14.4.